The van der Waals surface area contributed by atoms with Gasteiger partial charge in [0.25, 0.3) is 0 Å². The average Bonchev–Trinajstić information content (AvgIpc) is 2.86. The van der Waals surface area contributed by atoms with Crippen LogP contribution in [0.5, 0.6) is 0 Å². The van der Waals surface area contributed by atoms with Gasteiger partial charge in [-0.2, -0.15) is 0 Å². The molecule has 0 bridgehead atoms. The minimum absolute atomic E-state index is 0.253. The largest absolute Gasteiger partial charge is 0.393 e. The van der Waals surface area contributed by atoms with Gasteiger partial charge in [-0.1, -0.05) is 58.3 Å². The van der Waals surface area contributed by atoms with Crippen LogP contribution in [-0.4, -0.2) is 40.3 Å². The Bertz CT molecular complexity index is 344. The van der Waals surface area contributed by atoms with E-state index in [4.69, 9.17) is 0 Å². The number of nitrogens with zero attached hydrogens (tertiary/aromatic N) is 1. The monoisotopic (exact) mass is 340 g/mol. The molecule has 142 valence electrons. The summed E-state index contributed by atoms with van der Waals surface area (Å²) >= 11 is 0. The Hall–Kier alpha value is -0.610. The van der Waals surface area contributed by atoms with Crippen LogP contribution in [0.15, 0.2) is 4.99 Å². The Balaban J connectivity index is 2.16. The van der Waals surface area contributed by atoms with Crippen molar-refractivity contribution in [3.63, 3.8) is 0 Å². The van der Waals surface area contributed by atoms with Crippen molar-refractivity contribution in [1.29, 1.82) is 0 Å². The van der Waals surface area contributed by atoms with E-state index < -0.39 is 0 Å². The molecule has 0 aromatic carbocycles. The lowest BCUT2D eigenvalue weighted by Gasteiger charge is -2.32. The topological polar surface area (TPSA) is 64.9 Å². The summed E-state index contributed by atoms with van der Waals surface area (Å²) in [7, 11) is 0. The molecule has 4 heteroatoms. The zero-order valence-electron chi connectivity index (χ0n) is 16.2. The summed E-state index contributed by atoms with van der Waals surface area (Å²) in [5.74, 6) is 1.07. The molecule has 0 aromatic heterocycles. The lowest BCUT2D eigenvalue weighted by molar-refractivity contribution is 0.102. The maximum absolute atomic E-state index is 9.76. The van der Waals surface area contributed by atoms with E-state index in [1.165, 1.54) is 57.8 Å². The Kier molecular flexibility index (Phi) is 10.6. The molecule has 1 aliphatic rings. The molecule has 0 aliphatic carbocycles. The van der Waals surface area contributed by atoms with E-state index in [1.807, 2.05) is 13.8 Å². The normalized spacial score (nSPS) is 23.0. The van der Waals surface area contributed by atoms with Crippen LogP contribution in [0.4, 0.5) is 0 Å². The molecule has 0 fully saturated rings. The van der Waals surface area contributed by atoms with Gasteiger partial charge in [0.05, 0.1) is 30.1 Å². The number of aliphatic imine (C=N–C) groups is 1. The SMILES string of the molecule is CCCCCCCCCCCC1=NCC(CC(C)O)(CC(C)O)N1. The van der Waals surface area contributed by atoms with E-state index in [1.54, 1.807) is 0 Å². The number of amidine groups is 1. The summed E-state index contributed by atoms with van der Waals surface area (Å²) in [6, 6.07) is 0. The highest BCUT2D eigenvalue weighted by Crippen LogP contribution is 2.25. The summed E-state index contributed by atoms with van der Waals surface area (Å²) in [5.41, 5.74) is -0.253. The van der Waals surface area contributed by atoms with Gasteiger partial charge in [0.2, 0.25) is 0 Å². The predicted octanol–water partition coefficient (Wildman–Crippen LogP) is 4.19. The van der Waals surface area contributed by atoms with Crippen LogP contribution in [0.1, 0.15) is 97.8 Å². The number of hydrogen-bond donors (Lipinski definition) is 3. The summed E-state index contributed by atoms with van der Waals surface area (Å²) < 4.78 is 0. The van der Waals surface area contributed by atoms with E-state index in [0.717, 1.165) is 12.3 Å². The number of hydrogen-bond acceptors (Lipinski definition) is 4. The molecule has 1 heterocycles. The van der Waals surface area contributed by atoms with E-state index in [-0.39, 0.29) is 17.7 Å². The van der Waals surface area contributed by atoms with Gasteiger partial charge in [-0.25, -0.2) is 0 Å². The maximum atomic E-state index is 9.76. The highest BCUT2D eigenvalue weighted by Gasteiger charge is 2.37. The Morgan fingerprint density at radius 1 is 0.917 bits per heavy atom. The standard InChI is InChI=1S/C20H40N2O2/c1-4-5-6-7-8-9-10-11-12-13-19-21-16-20(22-19,14-17(2)23)15-18(3)24/h17-18,23-24H,4-16H2,1-3H3,(H,21,22). The Labute approximate surface area is 149 Å². The minimum Gasteiger partial charge on any atom is -0.393 e. The fourth-order valence-electron chi connectivity index (χ4n) is 3.82. The maximum Gasteiger partial charge on any atom is 0.0969 e. The van der Waals surface area contributed by atoms with Gasteiger partial charge in [0.15, 0.2) is 0 Å². The van der Waals surface area contributed by atoms with Crippen molar-refractivity contribution >= 4 is 5.84 Å². The van der Waals surface area contributed by atoms with Gasteiger partial charge in [-0.3, -0.25) is 4.99 Å². The molecule has 1 rings (SSSR count). The number of unbranched alkanes of at least 4 members (excludes halogenated alkanes) is 8. The second-order valence-electron chi connectivity index (χ2n) is 7.85. The van der Waals surface area contributed by atoms with Crippen LogP contribution in [0, 0.1) is 0 Å². The lowest BCUT2D eigenvalue weighted by Crippen LogP contribution is -2.49. The second kappa shape index (κ2) is 11.9. The van der Waals surface area contributed by atoms with E-state index >= 15 is 0 Å². The van der Waals surface area contributed by atoms with Crippen molar-refractivity contribution < 1.29 is 10.2 Å². The third-order valence-electron chi connectivity index (χ3n) is 4.87. The van der Waals surface area contributed by atoms with Crippen LogP contribution in [-0.2, 0) is 0 Å². The minimum atomic E-state index is -0.376. The van der Waals surface area contributed by atoms with Gasteiger partial charge >= 0.3 is 0 Å². The van der Waals surface area contributed by atoms with Crippen molar-refractivity contribution in [2.75, 3.05) is 6.54 Å². The van der Waals surface area contributed by atoms with Crippen molar-refractivity contribution in [2.45, 2.75) is 116 Å². The first kappa shape index (κ1) is 21.4. The van der Waals surface area contributed by atoms with Crippen molar-refractivity contribution in [2.24, 2.45) is 4.99 Å². The van der Waals surface area contributed by atoms with Gasteiger partial charge in [0.1, 0.15) is 0 Å². The van der Waals surface area contributed by atoms with Gasteiger partial charge in [0, 0.05) is 6.42 Å². The van der Waals surface area contributed by atoms with Crippen LogP contribution >= 0.6 is 0 Å². The van der Waals surface area contributed by atoms with E-state index in [9.17, 15) is 10.2 Å². The number of rotatable bonds is 14. The fourth-order valence-corrected chi connectivity index (χ4v) is 3.82. The molecule has 24 heavy (non-hydrogen) atoms. The van der Waals surface area contributed by atoms with Crippen molar-refractivity contribution in [3.05, 3.63) is 0 Å². The van der Waals surface area contributed by atoms with Crippen molar-refractivity contribution in [1.82, 2.24) is 5.32 Å². The van der Waals surface area contributed by atoms with Crippen molar-refractivity contribution in [3.8, 4) is 0 Å². The molecule has 2 atom stereocenters. The molecule has 1 aliphatic heterocycles. The van der Waals surface area contributed by atoms with E-state index in [2.05, 4.69) is 17.2 Å². The smallest absolute Gasteiger partial charge is 0.0969 e. The Morgan fingerprint density at radius 2 is 1.42 bits per heavy atom. The predicted molar refractivity (Wildman–Crippen MR) is 103 cm³/mol. The first-order valence-corrected chi connectivity index (χ1v) is 10.1. The zero-order chi connectivity index (χ0) is 17.8. The quantitative estimate of drug-likeness (QED) is 0.415. The molecule has 0 aromatic rings. The summed E-state index contributed by atoms with van der Waals surface area (Å²) in [5, 5.41) is 23.0. The number of nitrogens with one attached hydrogen (secondary N) is 1. The average molecular weight is 341 g/mol. The summed E-state index contributed by atoms with van der Waals surface area (Å²) in [6.07, 6.45) is 13.5. The third kappa shape index (κ3) is 9.03. The molecule has 0 amide bonds. The molecule has 0 saturated carbocycles. The first-order valence-electron chi connectivity index (χ1n) is 10.1. The number of aliphatic hydroxyl groups excluding tert-OH is 2. The van der Waals surface area contributed by atoms with Crippen LogP contribution in [0.2, 0.25) is 0 Å². The molecule has 0 saturated heterocycles. The molecule has 0 spiro atoms. The van der Waals surface area contributed by atoms with Crippen LogP contribution in [0.25, 0.3) is 0 Å². The molecule has 4 nitrogen and oxygen atoms in total. The van der Waals surface area contributed by atoms with Crippen LogP contribution in [0.3, 0.4) is 0 Å². The molecule has 2 unspecified atom stereocenters. The first-order chi connectivity index (χ1) is 11.5. The van der Waals surface area contributed by atoms with Gasteiger partial charge < -0.3 is 15.5 Å². The lowest BCUT2D eigenvalue weighted by atomic mass is 9.87. The number of aliphatic hydroxyl groups is 2. The van der Waals surface area contributed by atoms with Gasteiger partial charge in [-0.05, 0) is 33.1 Å². The highest BCUT2D eigenvalue weighted by molar-refractivity contribution is 5.84. The summed E-state index contributed by atoms with van der Waals surface area (Å²) in [4.78, 5) is 4.65. The highest BCUT2D eigenvalue weighted by atomic mass is 16.3. The second-order valence-corrected chi connectivity index (χ2v) is 7.85. The Morgan fingerprint density at radius 3 is 1.92 bits per heavy atom. The fraction of sp³-hybridized carbons (Fsp3) is 0.950. The summed E-state index contributed by atoms with van der Waals surface area (Å²) in [6.45, 7) is 6.56. The van der Waals surface area contributed by atoms with E-state index in [0.29, 0.717) is 19.4 Å². The van der Waals surface area contributed by atoms with Crippen LogP contribution < -0.4 is 5.32 Å². The molecular weight excluding hydrogens is 300 g/mol. The third-order valence-corrected chi connectivity index (χ3v) is 4.87. The molecule has 0 radical (unpaired) electrons. The van der Waals surface area contributed by atoms with Gasteiger partial charge in [-0.15, -0.1) is 0 Å². The zero-order valence-corrected chi connectivity index (χ0v) is 16.2. The molecule has 3 N–H and O–H groups in total. The molecular formula is C20H40N2O2.